The number of nitrogens with zero attached hydrogens (tertiary/aromatic N) is 2. The number of halogens is 1. The Morgan fingerprint density at radius 1 is 0.863 bits per heavy atom. The molecule has 51 heavy (non-hydrogen) atoms. The summed E-state index contributed by atoms with van der Waals surface area (Å²) in [5.74, 6) is 0.831. The van der Waals surface area contributed by atoms with Crippen molar-refractivity contribution in [3.05, 3.63) is 60.9 Å². The Balaban J connectivity index is 0.00000702. The molecule has 1 aliphatic rings. The Morgan fingerprint density at radius 3 is 2.14 bits per heavy atom. The van der Waals surface area contributed by atoms with Gasteiger partial charge in [0.1, 0.15) is 5.82 Å². The number of fused-ring (bicyclic) bond motifs is 1. The molecule has 1 aromatic heterocycles. The zero-order chi connectivity index (χ0) is 35.6. The Kier molecular flexibility index (Phi) is 18.5. The molecule has 284 valence electrons. The summed E-state index contributed by atoms with van der Waals surface area (Å²) in [5.41, 5.74) is 1.92. The first kappa shape index (κ1) is 42.0. The average Bonchev–Trinajstić information content (AvgIpc) is 3.54. The molecule has 0 saturated carbocycles. The van der Waals surface area contributed by atoms with Gasteiger partial charge in [0, 0.05) is 48.6 Å². The Hall–Kier alpha value is -3.46. The average molecular weight is 711 g/mol. The van der Waals surface area contributed by atoms with Crippen LogP contribution in [0.1, 0.15) is 145 Å². The molecule has 9 heteroatoms. The van der Waals surface area contributed by atoms with Crippen molar-refractivity contribution in [3.8, 4) is 11.5 Å². The highest BCUT2D eigenvalue weighted by Crippen LogP contribution is 2.36. The standard InChI is InChI=1S/C41H60FN2O6.CH3/c1-4-5-6-7-8-9-10-11-12-13-14-15-16-18-40(46)49-31-44(25-17-28-48-37-22-19-34(32(2)45)29-39(37)47-3)26-23-33(24-27-44)41-36-21-20-35(42)30-38(36)50-43-41;/h19-22,29-30,33H,4-18,23-28,31H2,1-3H3;1H3/q+1;-1. The molecule has 1 saturated heterocycles. The van der Waals surface area contributed by atoms with Crippen LogP contribution in [0.25, 0.3) is 11.0 Å². The number of ether oxygens (including phenoxy) is 3. The molecule has 0 aliphatic carbocycles. The van der Waals surface area contributed by atoms with E-state index in [1.54, 1.807) is 31.4 Å². The molecule has 0 bridgehead atoms. The number of hydrogen-bond acceptors (Lipinski definition) is 7. The third-order valence-electron chi connectivity index (χ3n) is 10.3. The molecule has 2 aromatic carbocycles. The van der Waals surface area contributed by atoms with Gasteiger partial charge in [-0.05, 0) is 43.7 Å². The van der Waals surface area contributed by atoms with Crippen molar-refractivity contribution < 1.29 is 37.2 Å². The van der Waals surface area contributed by atoms with Gasteiger partial charge in [-0.3, -0.25) is 14.1 Å². The highest BCUT2D eigenvalue weighted by molar-refractivity contribution is 5.94. The normalized spacial score (nSPS) is 17.2. The quantitative estimate of drug-likeness (QED) is 0.0301. The fraction of sp³-hybridized carbons (Fsp3) is 0.619. The lowest BCUT2D eigenvalue weighted by Gasteiger charge is -2.42. The second-order valence-corrected chi connectivity index (χ2v) is 14.3. The highest BCUT2D eigenvalue weighted by atomic mass is 19.1. The molecule has 4 rings (SSSR count). The van der Waals surface area contributed by atoms with E-state index in [0.29, 0.717) is 46.9 Å². The maximum Gasteiger partial charge on any atom is 0.310 e. The first-order valence-electron chi connectivity index (χ1n) is 19.2. The summed E-state index contributed by atoms with van der Waals surface area (Å²) >= 11 is 0. The van der Waals surface area contributed by atoms with Gasteiger partial charge >= 0.3 is 5.97 Å². The molecule has 0 N–H and O–H groups in total. The predicted octanol–water partition coefficient (Wildman–Crippen LogP) is 10.8. The van der Waals surface area contributed by atoms with Crippen molar-refractivity contribution in [1.82, 2.24) is 5.16 Å². The van der Waals surface area contributed by atoms with Crippen molar-refractivity contribution in [2.45, 2.75) is 129 Å². The Morgan fingerprint density at radius 2 is 1.51 bits per heavy atom. The van der Waals surface area contributed by atoms with E-state index in [4.69, 9.17) is 18.7 Å². The fourth-order valence-electron chi connectivity index (χ4n) is 7.19. The van der Waals surface area contributed by atoms with Gasteiger partial charge in [-0.15, -0.1) is 0 Å². The minimum absolute atomic E-state index is 0. The maximum absolute atomic E-state index is 13.7. The van der Waals surface area contributed by atoms with Gasteiger partial charge in [-0.25, -0.2) is 4.39 Å². The van der Waals surface area contributed by atoms with Gasteiger partial charge < -0.3 is 26.2 Å². The molecule has 2 heterocycles. The van der Waals surface area contributed by atoms with Crippen LogP contribution in [0.4, 0.5) is 4.39 Å². The van der Waals surface area contributed by atoms with E-state index in [1.807, 2.05) is 0 Å². The Bertz CT molecular complexity index is 1460. The molecule has 0 spiro atoms. The number of unbranched alkanes of at least 4 members (excludes halogenated alkanes) is 12. The molecular weight excluding hydrogens is 647 g/mol. The van der Waals surface area contributed by atoms with Crippen LogP contribution in [-0.4, -0.2) is 61.5 Å². The number of quaternary nitrogens is 1. The molecule has 8 nitrogen and oxygen atoms in total. The Labute approximate surface area is 306 Å². The van der Waals surface area contributed by atoms with Crippen molar-refractivity contribution >= 4 is 22.7 Å². The lowest BCUT2D eigenvalue weighted by molar-refractivity contribution is -0.948. The number of carbonyl (C=O) groups excluding carboxylic acids is 2. The number of carbonyl (C=O) groups is 2. The van der Waals surface area contributed by atoms with Gasteiger partial charge in [-0.1, -0.05) is 89.1 Å². The zero-order valence-electron chi connectivity index (χ0n) is 31.8. The highest BCUT2D eigenvalue weighted by Gasteiger charge is 2.37. The molecule has 0 radical (unpaired) electrons. The van der Waals surface area contributed by atoms with E-state index in [1.165, 1.54) is 89.7 Å². The van der Waals surface area contributed by atoms with Gasteiger partial charge in [0.15, 0.2) is 22.9 Å². The third kappa shape index (κ3) is 13.6. The summed E-state index contributed by atoms with van der Waals surface area (Å²) in [4.78, 5) is 24.7. The van der Waals surface area contributed by atoms with E-state index in [0.717, 1.165) is 62.8 Å². The number of benzene rings is 2. The number of aromatic nitrogens is 1. The van der Waals surface area contributed by atoms with Gasteiger partial charge in [0.05, 0.1) is 39.0 Å². The van der Waals surface area contributed by atoms with E-state index in [2.05, 4.69) is 12.1 Å². The summed E-state index contributed by atoms with van der Waals surface area (Å²) in [6, 6.07) is 9.81. The van der Waals surface area contributed by atoms with Gasteiger partial charge in [0.25, 0.3) is 0 Å². The molecule has 0 atom stereocenters. The lowest BCUT2D eigenvalue weighted by atomic mass is 9.90. The summed E-state index contributed by atoms with van der Waals surface area (Å²) in [6.45, 7) is 7.03. The largest absolute Gasteiger partial charge is 0.493 e. The molecule has 3 aromatic rings. The van der Waals surface area contributed by atoms with Crippen molar-refractivity contribution in [3.63, 3.8) is 0 Å². The van der Waals surface area contributed by atoms with Crippen molar-refractivity contribution in [2.24, 2.45) is 0 Å². The SMILES string of the molecule is CCCCCCCCCCCCCCCC(=O)OC[N+]1(CCCOc2ccc(C(C)=O)cc2OC)CCC(c2noc3cc(F)ccc23)CC1.[CH3-]. The number of rotatable bonds is 24. The first-order valence-corrected chi connectivity index (χ1v) is 19.2. The lowest BCUT2D eigenvalue weighted by Crippen LogP contribution is -2.55. The van der Waals surface area contributed by atoms with Crippen LogP contribution < -0.4 is 9.47 Å². The van der Waals surface area contributed by atoms with E-state index in [9.17, 15) is 14.0 Å². The van der Waals surface area contributed by atoms with E-state index >= 15 is 0 Å². The number of ketones is 1. The third-order valence-corrected chi connectivity index (χ3v) is 10.3. The number of Topliss-reactive ketones (excluding diaryl/α,β-unsaturated/α-hetero) is 1. The minimum Gasteiger partial charge on any atom is -0.493 e. The molecular formula is C42H63FN2O6. The minimum atomic E-state index is -0.338. The smallest absolute Gasteiger partial charge is 0.310 e. The van der Waals surface area contributed by atoms with Crippen LogP contribution >= 0.6 is 0 Å². The monoisotopic (exact) mass is 710 g/mol. The van der Waals surface area contributed by atoms with Crippen LogP contribution in [0.15, 0.2) is 40.9 Å². The summed E-state index contributed by atoms with van der Waals surface area (Å²) in [5, 5.41) is 5.18. The number of esters is 1. The van der Waals surface area contributed by atoms with Crippen LogP contribution in [0.5, 0.6) is 11.5 Å². The maximum atomic E-state index is 13.7. The second kappa shape index (κ2) is 22.5. The second-order valence-electron chi connectivity index (χ2n) is 14.3. The van der Waals surface area contributed by atoms with Crippen LogP contribution in [0, 0.1) is 13.2 Å². The predicted molar refractivity (Wildman–Crippen MR) is 202 cm³/mol. The number of likely N-dealkylation sites (tertiary alicyclic amines) is 1. The molecule has 1 aliphatic heterocycles. The topological polar surface area (TPSA) is 87.9 Å². The molecule has 1 fully saturated rings. The van der Waals surface area contributed by atoms with Crippen LogP contribution in [0.3, 0.4) is 0 Å². The zero-order valence-corrected chi connectivity index (χ0v) is 31.8. The van der Waals surface area contributed by atoms with Crippen molar-refractivity contribution in [1.29, 1.82) is 0 Å². The summed E-state index contributed by atoms with van der Waals surface area (Å²) < 4.78 is 37.4. The van der Waals surface area contributed by atoms with Crippen molar-refractivity contribution in [2.75, 3.05) is 40.1 Å². The number of hydrogen-bond donors (Lipinski definition) is 0. The first-order chi connectivity index (χ1) is 24.3. The molecule has 0 unspecified atom stereocenters. The van der Waals surface area contributed by atoms with Gasteiger partial charge in [-0.2, -0.15) is 0 Å². The van der Waals surface area contributed by atoms with E-state index in [-0.39, 0.29) is 30.9 Å². The summed E-state index contributed by atoms with van der Waals surface area (Å²) in [6.07, 6.45) is 19.5. The van der Waals surface area contributed by atoms with Crippen LogP contribution in [0.2, 0.25) is 0 Å². The number of methoxy groups -OCH3 is 1. The van der Waals surface area contributed by atoms with Gasteiger partial charge in [0.2, 0.25) is 6.73 Å². The summed E-state index contributed by atoms with van der Waals surface area (Å²) in [7, 11) is 1.57. The number of piperidine rings is 1. The van der Waals surface area contributed by atoms with E-state index < -0.39 is 0 Å². The van der Waals surface area contributed by atoms with Crippen LogP contribution in [-0.2, 0) is 9.53 Å². The fourth-order valence-corrected chi connectivity index (χ4v) is 7.19. The molecule has 0 amide bonds.